The first-order chi connectivity index (χ1) is 27.1. The summed E-state index contributed by atoms with van der Waals surface area (Å²) in [5, 5.41) is 11.6. The average Bonchev–Trinajstić information content (AvgIpc) is 3.15. The van der Waals surface area contributed by atoms with Crippen LogP contribution in [0.5, 0.6) is 0 Å². The molecule has 0 aromatic heterocycles. The maximum absolute atomic E-state index is 12.7. The molecule has 0 aromatic rings. The minimum absolute atomic E-state index is 0.0419. The highest BCUT2D eigenvalue weighted by Gasteiger charge is 2.25. The molecule has 0 aliphatic carbocycles. The van der Waals surface area contributed by atoms with Crippen molar-refractivity contribution in [3.05, 3.63) is 36.5 Å². The fourth-order valence-electron chi connectivity index (χ4n) is 6.73. The first-order valence-electron chi connectivity index (χ1n) is 23.0. The third kappa shape index (κ3) is 37.1. The van der Waals surface area contributed by atoms with Gasteiger partial charge >= 0.3 is 11.9 Å². The number of quaternary nitrogens is 1. The first kappa shape index (κ1) is 53.6. The molecule has 0 aromatic carbocycles. The van der Waals surface area contributed by atoms with Gasteiger partial charge in [-0.1, -0.05) is 172 Å². The van der Waals surface area contributed by atoms with Crippen LogP contribution in [-0.2, 0) is 28.6 Å². The summed E-state index contributed by atoms with van der Waals surface area (Å²) in [6.45, 7) is 4.56. The molecule has 326 valence electrons. The van der Waals surface area contributed by atoms with Crippen molar-refractivity contribution in [1.82, 2.24) is 0 Å². The maximum atomic E-state index is 12.7. The van der Waals surface area contributed by atoms with Gasteiger partial charge in [-0.15, -0.1) is 0 Å². The summed E-state index contributed by atoms with van der Waals surface area (Å²) < 4.78 is 17.2. The van der Waals surface area contributed by atoms with E-state index in [4.69, 9.17) is 14.2 Å². The molecular formula is C48H87NO7. The Kier molecular flexibility index (Phi) is 37.7. The molecule has 0 aliphatic rings. The van der Waals surface area contributed by atoms with Crippen LogP contribution in [0.2, 0.25) is 0 Å². The zero-order valence-electron chi connectivity index (χ0n) is 37.1. The molecule has 0 bridgehead atoms. The Bertz CT molecular complexity index is 1020. The molecule has 0 fully saturated rings. The summed E-state index contributed by atoms with van der Waals surface area (Å²) in [6.07, 6.45) is 44.5. The normalized spacial score (nSPS) is 13.2. The molecule has 0 heterocycles. The van der Waals surface area contributed by atoms with Crippen molar-refractivity contribution in [2.24, 2.45) is 0 Å². The van der Waals surface area contributed by atoms with Crippen molar-refractivity contribution in [3.63, 3.8) is 0 Å². The lowest BCUT2D eigenvalue weighted by atomic mass is 10.0. The molecule has 0 saturated carbocycles. The lowest BCUT2D eigenvalue weighted by Gasteiger charge is -2.34. The molecule has 0 aliphatic heterocycles. The Morgan fingerprint density at radius 2 is 1.00 bits per heavy atom. The molecule has 56 heavy (non-hydrogen) atoms. The van der Waals surface area contributed by atoms with Gasteiger partial charge in [-0.05, 0) is 44.9 Å². The molecule has 0 N–H and O–H groups in total. The van der Waals surface area contributed by atoms with E-state index < -0.39 is 18.1 Å². The topological polar surface area (TPSA) is 102 Å². The Labute approximate surface area is 344 Å². The molecule has 0 rings (SSSR count). The van der Waals surface area contributed by atoms with E-state index in [1.54, 1.807) is 21.1 Å². The molecule has 0 spiro atoms. The van der Waals surface area contributed by atoms with Gasteiger partial charge in [-0.3, -0.25) is 9.59 Å². The largest absolute Gasteiger partial charge is 0.544 e. The van der Waals surface area contributed by atoms with Gasteiger partial charge in [0.2, 0.25) is 0 Å². The van der Waals surface area contributed by atoms with E-state index in [9.17, 15) is 19.5 Å². The minimum atomic E-state index is -1.12. The maximum Gasteiger partial charge on any atom is 0.306 e. The number of carbonyl (C=O) groups is 3. The van der Waals surface area contributed by atoms with Crippen LogP contribution >= 0.6 is 0 Å². The van der Waals surface area contributed by atoms with E-state index in [1.807, 2.05) is 0 Å². The molecule has 0 saturated heterocycles. The Morgan fingerprint density at radius 1 is 0.554 bits per heavy atom. The number of hydrogen-bond acceptors (Lipinski definition) is 7. The quantitative estimate of drug-likeness (QED) is 0.0263. The predicted octanol–water partition coefficient (Wildman–Crippen LogP) is 11.3. The van der Waals surface area contributed by atoms with Gasteiger partial charge in [0.25, 0.3) is 0 Å². The van der Waals surface area contributed by atoms with E-state index in [-0.39, 0.29) is 42.7 Å². The number of allylic oxidation sites excluding steroid dienone is 6. The van der Waals surface area contributed by atoms with Crippen molar-refractivity contribution in [2.45, 2.75) is 212 Å². The van der Waals surface area contributed by atoms with Crippen LogP contribution in [0.4, 0.5) is 0 Å². The van der Waals surface area contributed by atoms with Gasteiger partial charge in [0.05, 0.1) is 40.3 Å². The highest BCUT2D eigenvalue weighted by atomic mass is 16.6. The second-order valence-electron chi connectivity index (χ2n) is 16.6. The van der Waals surface area contributed by atoms with E-state index in [1.165, 1.54) is 103 Å². The number of likely N-dealkylation sites (N-methyl/N-ethyl adjacent to an activating group) is 1. The van der Waals surface area contributed by atoms with Gasteiger partial charge in [0.1, 0.15) is 12.6 Å². The molecule has 0 radical (unpaired) electrons. The van der Waals surface area contributed by atoms with E-state index in [0.29, 0.717) is 12.8 Å². The average molecular weight is 790 g/mol. The Balaban J connectivity index is 4.28. The lowest BCUT2D eigenvalue weighted by molar-refractivity contribution is -0.889. The summed E-state index contributed by atoms with van der Waals surface area (Å²) >= 11 is 0. The predicted molar refractivity (Wildman–Crippen MR) is 231 cm³/mol. The van der Waals surface area contributed by atoms with Crippen LogP contribution in [0.15, 0.2) is 36.5 Å². The molecule has 2 unspecified atom stereocenters. The fourth-order valence-corrected chi connectivity index (χ4v) is 6.73. The number of rotatable bonds is 41. The minimum Gasteiger partial charge on any atom is -0.544 e. The van der Waals surface area contributed by atoms with Crippen LogP contribution in [0.3, 0.4) is 0 Å². The van der Waals surface area contributed by atoms with Crippen molar-refractivity contribution < 1.29 is 38.2 Å². The monoisotopic (exact) mass is 790 g/mol. The van der Waals surface area contributed by atoms with E-state index in [2.05, 4.69) is 50.3 Å². The molecule has 8 heteroatoms. The standard InChI is InChI=1S/C48H87NO7/c1-6-8-10-12-14-16-18-20-21-22-23-24-25-27-28-30-32-34-36-38-46(50)55-43-44(42-54-41-40-45(48(52)53)49(3,4)5)56-47(51)39-37-35-33-31-29-26-19-17-15-13-11-9-7-2/h8,10,14,16,20-21,44-45H,6-7,9,11-13,15,17-19,22-43H2,1-5H3/b10-8+,16-14+,21-20+. The third-order valence-corrected chi connectivity index (χ3v) is 10.3. The van der Waals surface area contributed by atoms with Crippen molar-refractivity contribution in [3.8, 4) is 0 Å². The van der Waals surface area contributed by atoms with Crippen LogP contribution in [0.1, 0.15) is 200 Å². The van der Waals surface area contributed by atoms with Crippen molar-refractivity contribution in [2.75, 3.05) is 41.0 Å². The summed E-state index contributed by atoms with van der Waals surface area (Å²) in [6, 6.07) is -0.724. The SMILES string of the molecule is CC/C=C/C/C=C/C/C=C/CCCCCCCCCCCC(=O)OCC(COCCC(C(=O)[O-])[N+](C)(C)C)OC(=O)CCCCCCCCCCCCCCC. The van der Waals surface area contributed by atoms with Gasteiger partial charge in [-0.25, -0.2) is 0 Å². The number of carboxylic acids is 1. The van der Waals surface area contributed by atoms with Crippen LogP contribution in [0.25, 0.3) is 0 Å². The lowest BCUT2D eigenvalue weighted by Crippen LogP contribution is -2.55. The number of nitrogens with zero attached hydrogens (tertiary/aromatic N) is 1. The van der Waals surface area contributed by atoms with Crippen molar-refractivity contribution >= 4 is 17.9 Å². The van der Waals surface area contributed by atoms with Crippen LogP contribution in [0, 0.1) is 0 Å². The summed E-state index contributed by atoms with van der Waals surface area (Å²) in [5.41, 5.74) is 0. The van der Waals surface area contributed by atoms with Gasteiger partial charge in [0.15, 0.2) is 6.10 Å². The fraction of sp³-hybridized carbons (Fsp3) is 0.812. The summed E-state index contributed by atoms with van der Waals surface area (Å²) in [4.78, 5) is 36.9. The third-order valence-electron chi connectivity index (χ3n) is 10.3. The zero-order valence-corrected chi connectivity index (χ0v) is 37.1. The highest BCUT2D eigenvalue weighted by Crippen LogP contribution is 2.15. The van der Waals surface area contributed by atoms with Crippen LogP contribution < -0.4 is 5.11 Å². The van der Waals surface area contributed by atoms with E-state index >= 15 is 0 Å². The second kappa shape index (κ2) is 39.4. The highest BCUT2D eigenvalue weighted by molar-refractivity contribution is 5.70. The van der Waals surface area contributed by atoms with Crippen LogP contribution in [-0.4, -0.2) is 75.5 Å². The molecule has 8 nitrogen and oxygen atoms in total. The summed E-state index contributed by atoms with van der Waals surface area (Å²) in [7, 11) is 5.41. The molecular weight excluding hydrogens is 703 g/mol. The Morgan fingerprint density at radius 3 is 1.48 bits per heavy atom. The smallest absolute Gasteiger partial charge is 0.306 e. The number of aliphatic carboxylic acids is 1. The van der Waals surface area contributed by atoms with Crippen molar-refractivity contribution in [1.29, 1.82) is 0 Å². The number of esters is 2. The zero-order chi connectivity index (χ0) is 41.4. The van der Waals surface area contributed by atoms with Gasteiger partial charge in [-0.2, -0.15) is 0 Å². The Hall–Kier alpha value is -2.45. The number of ether oxygens (including phenoxy) is 3. The first-order valence-corrected chi connectivity index (χ1v) is 23.0. The summed E-state index contributed by atoms with van der Waals surface area (Å²) in [5.74, 6) is -1.73. The van der Waals surface area contributed by atoms with Gasteiger partial charge < -0.3 is 28.6 Å². The van der Waals surface area contributed by atoms with Gasteiger partial charge in [0, 0.05) is 19.3 Å². The molecule has 0 amide bonds. The molecule has 2 atom stereocenters. The number of carboxylic acid groups (broad SMARTS) is 1. The number of carbonyl (C=O) groups excluding carboxylic acids is 3. The second-order valence-corrected chi connectivity index (χ2v) is 16.6. The number of hydrogen-bond donors (Lipinski definition) is 0. The number of unbranched alkanes of at least 4 members (excludes halogenated alkanes) is 21. The van der Waals surface area contributed by atoms with E-state index in [0.717, 1.165) is 64.2 Å².